The number of nitrogens with zero attached hydrogens (tertiary/aromatic N) is 3. The fraction of sp³-hybridized carbons (Fsp3) is 0.522. The maximum atomic E-state index is 13.2. The van der Waals surface area contributed by atoms with Gasteiger partial charge in [0.1, 0.15) is 0 Å². The van der Waals surface area contributed by atoms with Crippen LogP contribution in [0.1, 0.15) is 48.0 Å². The first-order chi connectivity index (χ1) is 14.9. The molecule has 1 aromatic heterocycles. The Kier molecular flexibility index (Phi) is 7.11. The maximum Gasteiger partial charge on any atom is 0.253 e. The predicted molar refractivity (Wildman–Crippen MR) is 124 cm³/mol. The Balaban J connectivity index is 1.41. The fourth-order valence-corrected chi connectivity index (χ4v) is 6.65. The van der Waals surface area contributed by atoms with E-state index in [-0.39, 0.29) is 16.8 Å². The molecule has 2 aliphatic rings. The molecule has 1 amide bonds. The van der Waals surface area contributed by atoms with E-state index < -0.39 is 10.0 Å². The predicted octanol–water partition coefficient (Wildman–Crippen LogP) is 3.66. The van der Waals surface area contributed by atoms with Gasteiger partial charge < -0.3 is 4.90 Å². The van der Waals surface area contributed by atoms with E-state index in [0.717, 1.165) is 45.3 Å². The third kappa shape index (κ3) is 5.19. The zero-order valence-corrected chi connectivity index (χ0v) is 19.7. The Bertz CT molecular complexity index is 977. The summed E-state index contributed by atoms with van der Waals surface area (Å²) in [7, 11) is -1.93. The Hall–Kier alpha value is -1.74. The number of carbonyl (C=O) groups is 1. The molecule has 0 atom stereocenters. The summed E-state index contributed by atoms with van der Waals surface area (Å²) in [5.41, 5.74) is 1.76. The summed E-state index contributed by atoms with van der Waals surface area (Å²) in [5, 5.41) is 4.25. The topological polar surface area (TPSA) is 60.9 Å². The number of carbonyl (C=O) groups excluding carboxylic acids is 1. The van der Waals surface area contributed by atoms with E-state index in [4.69, 9.17) is 0 Å². The van der Waals surface area contributed by atoms with Crippen LogP contribution in [-0.2, 0) is 16.6 Å². The van der Waals surface area contributed by atoms with Gasteiger partial charge in [-0.1, -0.05) is 25.3 Å². The summed E-state index contributed by atoms with van der Waals surface area (Å²) in [6.45, 7) is 3.87. The first kappa shape index (κ1) is 22.5. The lowest BCUT2D eigenvalue weighted by atomic mass is 9.96. The van der Waals surface area contributed by atoms with Gasteiger partial charge in [0.2, 0.25) is 10.0 Å². The largest absolute Gasteiger partial charge is 0.336 e. The van der Waals surface area contributed by atoms with Gasteiger partial charge in [-0.05, 0) is 53.4 Å². The van der Waals surface area contributed by atoms with Crippen molar-refractivity contribution in [1.82, 2.24) is 14.1 Å². The number of thiophene rings is 1. The normalized spacial score (nSPS) is 19.1. The Morgan fingerprint density at radius 3 is 2.52 bits per heavy atom. The van der Waals surface area contributed by atoms with Gasteiger partial charge in [-0.25, -0.2) is 8.42 Å². The van der Waals surface area contributed by atoms with Crippen molar-refractivity contribution >= 4 is 27.3 Å². The lowest BCUT2D eigenvalue weighted by Gasteiger charge is -2.34. The molecule has 1 aliphatic carbocycles. The van der Waals surface area contributed by atoms with Crippen LogP contribution in [0.3, 0.4) is 0 Å². The van der Waals surface area contributed by atoms with Crippen LogP contribution < -0.4 is 0 Å². The molecule has 168 valence electrons. The molecule has 1 saturated carbocycles. The van der Waals surface area contributed by atoms with Crippen LogP contribution >= 0.6 is 11.3 Å². The number of hydrogen-bond donors (Lipinski definition) is 0. The molecule has 0 radical (unpaired) electrons. The van der Waals surface area contributed by atoms with Crippen molar-refractivity contribution in [2.24, 2.45) is 0 Å². The zero-order chi connectivity index (χ0) is 21.8. The van der Waals surface area contributed by atoms with Crippen molar-refractivity contribution in [3.8, 4) is 0 Å². The van der Waals surface area contributed by atoms with E-state index in [9.17, 15) is 13.2 Å². The number of amides is 1. The second kappa shape index (κ2) is 9.81. The second-order valence-corrected chi connectivity index (χ2v) is 11.3. The van der Waals surface area contributed by atoms with E-state index in [0.29, 0.717) is 18.7 Å². The first-order valence-electron chi connectivity index (χ1n) is 11.1. The molecule has 2 fully saturated rings. The molecule has 0 bridgehead atoms. The highest BCUT2D eigenvalue weighted by Crippen LogP contribution is 2.27. The van der Waals surface area contributed by atoms with Crippen LogP contribution in [0.5, 0.6) is 0 Å². The zero-order valence-electron chi connectivity index (χ0n) is 18.1. The SMILES string of the molecule is CN(C1CCCCC1)S(=O)(=O)c1cccc(C(=O)N2CCN(Cc3ccsc3)CC2)c1. The quantitative estimate of drug-likeness (QED) is 0.659. The lowest BCUT2D eigenvalue weighted by Crippen LogP contribution is -2.48. The summed E-state index contributed by atoms with van der Waals surface area (Å²) < 4.78 is 27.9. The van der Waals surface area contributed by atoms with Gasteiger partial charge >= 0.3 is 0 Å². The average Bonchev–Trinajstić information content (AvgIpc) is 3.32. The molecule has 8 heteroatoms. The smallest absolute Gasteiger partial charge is 0.253 e. The number of rotatable bonds is 6. The van der Waals surface area contributed by atoms with Gasteiger partial charge in [0, 0.05) is 51.4 Å². The van der Waals surface area contributed by atoms with Gasteiger partial charge in [-0.2, -0.15) is 15.6 Å². The monoisotopic (exact) mass is 461 g/mol. The third-order valence-electron chi connectivity index (χ3n) is 6.49. The molecule has 0 N–H and O–H groups in total. The molecule has 2 aromatic rings. The van der Waals surface area contributed by atoms with Crippen molar-refractivity contribution in [1.29, 1.82) is 0 Å². The Labute approximate surface area is 189 Å². The summed E-state index contributed by atoms with van der Waals surface area (Å²) >= 11 is 1.70. The van der Waals surface area contributed by atoms with E-state index in [1.165, 1.54) is 16.3 Å². The molecule has 2 heterocycles. The van der Waals surface area contributed by atoms with Crippen LogP contribution in [0.2, 0.25) is 0 Å². The molecule has 6 nitrogen and oxygen atoms in total. The molecular weight excluding hydrogens is 430 g/mol. The van der Waals surface area contributed by atoms with Crippen LogP contribution in [-0.4, -0.2) is 67.7 Å². The molecule has 4 rings (SSSR count). The van der Waals surface area contributed by atoms with Crippen LogP contribution in [0, 0.1) is 0 Å². The highest BCUT2D eigenvalue weighted by molar-refractivity contribution is 7.89. The van der Waals surface area contributed by atoms with Crippen LogP contribution in [0.25, 0.3) is 0 Å². The van der Waals surface area contributed by atoms with E-state index in [2.05, 4.69) is 21.7 Å². The third-order valence-corrected chi connectivity index (χ3v) is 9.13. The number of sulfonamides is 1. The highest BCUT2D eigenvalue weighted by atomic mass is 32.2. The summed E-state index contributed by atoms with van der Waals surface area (Å²) in [6, 6.07) is 8.74. The minimum absolute atomic E-state index is 0.0504. The van der Waals surface area contributed by atoms with E-state index in [1.54, 1.807) is 42.6 Å². The summed E-state index contributed by atoms with van der Waals surface area (Å²) in [6.07, 6.45) is 5.13. The lowest BCUT2D eigenvalue weighted by molar-refractivity contribution is 0.0628. The van der Waals surface area contributed by atoms with Crippen molar-refractivity contribution < 1.29 is 13.2 Å². The molecule has 0 spiro atoms. The van der Waals surface area contributed by atoms with Crippen LogP contribution in [0.4, 0.5) is 0 Å². The molecular formula is C23H31N3O3S2. The minimum atomic E-state index is -3.61. The second-order valence-electron chi connectivity index (χ2n) is 8.54. The summed E-state index contributed by atoms with van der Waals surface area (Å²) in [5.74, 6) is -0.0902. The molecule has 1 aliphatic heterocycles. The first-order valence-corrected chi connectivity index (χ1v) is 13.4. The number of benzene rings is 1. The standard InChI is InChI=1S/C23H31N3O3S2/c1-24(21-7-3-2-4-8-21)31(28,29)22-9-5-6-20(16-22)23(27)26-13-11-25(12-14-26)17-19-10-15-30-18-19/h5-6,9-10,15-16,18,21H,2-4,7-8,11-14,17H2,1H3. The Morgan fingerprint density at radius 2 is 1.84 bits per heavy atom. The van der Waals surface area contributed by atoms with Gasteiger partial charge in [0.15, 0.2) is 0 Å². The average molecular weight is 462 g/mol. The van der Waals surface area contributed by atoms with Gasteiger partial charge in [0.05, 0.1) is 4.90 Å². The minimum Gasteiger partial charge on any atom is -0.336 e. The van der Waals surface area contributed by atoms with E-state index >= 15 is 0 Å². The fourth-order valence-electron chi connectivity index (χ4n) is 4.53. The van der Waals surface area contributed by atoms with Crippen LogP contribution in [0.15, 0.2) is 46.0 Å². The highest BCUT2D eigenvalue weighted by Gasteiger charge is 2.30. The summed E-state index contributed by atoms with van der Waals surface area (Å²) in [4.78, 5) is 17.5. The van der Waals surface area contributed by atoms with Crippen molar-refractivity contribution in [2.45, 2.75) is 49.6 Å². The number of hydrogen-bond acceptors (Lipinski definition) is 5. The molecule has 1 aromatic carbocycles. The number of piperazine rings is 1. The molecule has 31 heavy (non-hydrogen) atoms. The van der Waals surface area contributed by atoms with Crippen molar-refractivity contribution in [3.63, 3.8) is 0 Å². The van der Waals surface area contributed by atoms with E-state index in [1.807, 2.05) is 4.90 Å². The molecule has 0 unspecified atom stereocenters. The van der Waals surface area contributed by atoms with Crippen molar-refractivity contribution in [3.05, 3.63) is 52.2 Å². The Morgan fingerprint density at radius 1 is 1.10 bits per heavy atom. The maximum absolute atomic E-state index is 13.2. The molecule has 1 saturated heterocycles. The van der Waals surface area contributed by atoms with Gasteiger partial charge in [-0.15, -0.1) is 0 Å². The van der Waals surface area contributed by atoms with Gasteiger partial charge in [0.25, 0.3) is 5.91 Å². The van der Waals surface area contributed by atoms with Gasteiger partial charge in [-0.3, -0.25) is 9.69 Å². The van der Waals surface area contributed by atoms with Crippen molar-refractivity contribution in [2.75, 3.05) is 33.2 Å².